The predicted octanol–water partition coefficient (Wildman–Crippen LogP) is 3.74. The lowest BCUT2D eigenvalue weighted by molar-refractivity contribution is 0.0923. The SMILES string of the molecule is CCNc1ccc(C)cc1C(=O)NC1CCC(C)CC1. The maximum absolute atomic E-state index is 12.5. The first kappa shape index (κ1) is 14.9. The molecule has 2 rings (SSSR count). The van der Waals surface area contributed by atoms with Crippen molar-refractivity contribution in [3.05, 3.63) is 29.3 Å². The molecule has 1 aliphatic rings. The molecule has 110 valence electrons. The zero-order valence-corrected chi connectivity index (χ0v) is 12.8. The van der Waals surface area contributed by atoms with E-state index in [9.17, 15) is 4.79 Å². The van der Waals surface area contributed by atoms with Crippen LogP contribution in [0.5, 0.6) is 0 Å². The van der Waals surface area contributed by atoms with Gasteiger partial charge in [-0.1, -0.05) is 18.6 Å². The van der Waals surface area contributed by atoms with Crippen LogP contribution in [0.3, 0.4) is 0 Å². The van der Waals surface area contributed by atoms with E-state index in [2.05, 4.69) is 17.6 Å². The van der Waals surface area contributed by atoms with Crippen molar-refractivity contribution in [1.29, 1.82) is 0 Å². The normalized spacial score (nSPS) is 22.4. The number of carbonyl (C=O) groups is 1. The summed E-state index contributed by atoms with van der Waals surface area (Å²) in [4.78, 5) is 12.5. The molecule has 1 aromatic carbocycles. The van der Waals surface area contributed by atoms with Crippen LogP contribution in [0.2, 0.25) is 0 Å². The molecule has 0 heterocycles. The molecule has 1 aromatic rings. The second-order valence-electron chi connectivity index (χ2n) is 6.01. The van der Waals surface area contributed by atoms with Crippen LogP contribution >= 0.6 is 0 Å². The van der Waals surface area contributed by atoms with E-state index in [1.807, 2.05) is 32.0 Å². The summed E-state index contributed by atoms with van der Waals surface area (Å²) in [5, 5.41) is 6.47. The Morgan fingerprint density at radius 1 is 1.25 bits per heavy atom. The van der Waals surface area contributed by atoms with Gasteiger partial charge in [-0.05, 0) is 57.6 Å². The molecule has 1 fully saturated rings. The van der Waals surface area contributed by atoms with Gasteiger partial charge in [0, 0.05) is 18.3 Å². The second-order valence-corrected chi connectivity index (χ2v) is 6.01. The number of hydrogen-bond donors (Lipinski definition) is 2. The van der Waals surface area contributed by atoms with E-state index in [-0.39, 0.29) is 5.91 Å². The molecular formula is C17H26N2O. The molecule has 1 aliphatic carbocycles. The Kier molecular flexibility index (Phi) is 5.05. The quantitative estimate of drug-likeness (QED) is 0.878. The first-order chi connectivity index (χ1) is 9.60. The number of rotatable bonds is 4. The van der Waals surface area contributed by atoms with Crippen molar-refractivity contribution in [1.82, 2.24) is 5.32 Å². The molecule has 3 nitrogen and oxygen atoms in total. The van der Waals surface area contributed by atoms with Crippen molar-refractivity contribution in [3.63, 3.8) is 0 Å². The number of anilines is 1. The Balaban J connectivity index is 2.06. The van der Waals surface area contributed by atoms with E-state index in [1.54, 1.807) is 0 Å². The fraction of sp³-hybridized carbons (Fsp3) is 0.588. The van der Waals surface area contributed by atoms with E-state index in [0.717, 1.165) is 42.1 Å². The van der Waals surface area contributed by atoms with E-state index in [1.165, 1.54) is 12.8 Å². The predicted molar refractivity (Wildman–Crippen MR) is 84.2 cm³/mol. The van der Waals surface area contributed by atoms with Gasteiger partial charge in [-0.25, -0.2) is 0 Å². The average Bonchev–Trinajstić information content (AvgIpc) is 2.43. The lowest BCUT2D eigenvalue weighted by Crippen LogP contribution is -2.37. The van der Waals surface area contributed by atoms with Crippen LogP contribution < -0.4 is 10.6 Å². The highest BCUT2D eigenvalue weighted by Crippen LogP contribution is 2.24. The lowest BCUT2D eigenvalue weighted by atomic mass is 9.87. The molecule has 0 radical (unpaired) electrons. The minimum atomic E-state index is 0.0594. The summed E-state index contributed by atoms with van der Waals surface area (Å²) in [6.45, 7) is 7.19. The van der Waals surface area contributed by atoms with Crippen molar-refractivity contribution in [3.8, 4) is 0 Å². The van der Waals surface area contributed by atoms with Crippen LogP contribution in [-0.4, -0.2) is 18.5 Å². The highest BCUT2D eigenvalue weighted by atomic mass is 16.1. The Bertz CT molecular complexity index is 462. The Labute approximate surface area is 122 Å². The summed E-state index contributed by atoms with van der Waals surface area (Å²) < 4.78 is 0. The van der Waals surface area contributed by atoms with Gasteiger partial charge in [0.15, 0.2) is 0 Å². The molecule has 2 N–H and O–H groups in total. The highest BCUT2D eigenvalue weighted by Gasteiger charge is 2.21. The van der Waals surface area contributed by atoms with E-state index < -0.39 is 0 Å². The molecule has 0 atom stereocenters. The fourth-order valence-electron chi connectivity index (χ4n) is 2.86. The summed E-state index contributed by atoms with van der Waals surface area (Å²) in [6, 6.07) is 6.35. The van der Waals surface area contributed by atoms with Crippen molar-refractivity contribution in [2.24, 2.45) is 5.92 Å². The molecule has 0 aliphatic heterocycles. The van der Waals surface area contributed by atoms with Crippen LogP contribution in [0.15, 0.2) is 18.2 Å². The average molecular weight is 274 g/mol. The molecule has 3 heteroatoms. The molecule has 0 aromatic heterocycles. The highest BCUT2D eigenvalue weighted by molar-refractivity contribution is 6.00. The topological polar surface area (TPSA) is 41.1 Å². The minimum Gasteiger partial charge on any atom is -0.385 e. The van der Waals surface area contributed by atoms with Gasteiger partial charge in [0.2, 0.25) is 0 Å². The van der Waals surface area contributed by atoms with Gasteiger partial charge in [0.25, 0.3) is 5.91 Å². The molecule has 1 amide bonds. The summed E-state index contributed by atoms with van der Waals surface area (Å²) in [7, 11) is 0. The van der Waals surface area contributed by atoms with Crippen molar-refractivity contribution < 1.29 is 4.79 Å². The zero-order chi connectivity index (χ0) is 14.5. The van der Waals surface area contributed by atoms with Gasteiger partial charge in [0.05, 0.1) is 5.56 Å². The molecule has 0 spiro atoms. The lowest BCUT2D eigenvalue weighted by Gasteiger charge is -2.27. The molecular weight excluding hydrogens is 248 g/mol. The van der Waals surface area contributed by atoms with E-state index >= 15 is 0 Å². The molecule has 0 bridgehead atoms. The van der Waals surface area contributed by atoms with Crippen LogP contribution in [0, 0.1) is 12.8 Å². The Hall–Kier alpha value is -1.51. The smallest absolute Gasteiger partial charge is 0.253 e. The van der Waals surface area contributed by atoms with Gasteiger partial charge >= 0.3 is 0 Å². The largest absolute Gasteiger partial charge is 0.385 e. The minimum absolute atomic E-state index is 0.0594. The standard InChI is InChI=1S/C17H26N2O/c1-4-18-16-10-7-13(3)11-15(16)17(20)19-14-8-5-12(2)6-9-14/h7,10-12,14,18H,4-6,8-9H2,1-3H3,(H,19,20). The molecule has 0 unspecified atom stereocenters. The van der Waals surface area contributed by atoms with E-state index in [0.29, 0.717) is 6.04 Å². The fourth-order valence-corrected chi connectivity index (χ4v) is 2.86. The number of nitrogens with one attached hydrogen (secondary N) is 2. The number of aryl methyl sites for hydroxylation is 1. The monoisotopic (exact) mass is 274 g/mol. The first-order valence-electron chi connectivity index (χ1n) is 7.75. The maximum atomic E-state index is 12.5. The third-order valence-corrected chi connectivity index (χ3v) is 4.14. The second kappa shape index (κ2) is 6.78. The Morgan fingerprint density at radius 2 is 1.95 bits per heavy atom. The third-order valence-electron chi connectivity index (χ3n) is 4.14. The number of amides is 1. The molecule has 1 saturated carbocycles. The molecule has 20 heavy (non-hydrogen) atoms. The van der Waals surface area contributed by atoms with Crippen LogP contribution in [-0.2, 0) is 0 Å². The Morgan fingerprint density at radius 3 is 2.60 bits per heavy atom. The van der Waals surface area contributed by atoms with Crippen molar-refractivity contribution >= 4 is 11.6 Å². The summed E-state index contributed by atoms with van der Waals surface area (Å²) in [5.41, 5.74) is 2.82. The van der Waals surface area contributed by atoms with Gasteiger partial charge in [0.1, 0.15) is 0 Å². The number of hydrogen-bond acceptors (Lipinski definition) is 2. The van der Waals surface area contributed by atoms with Crippen LogP contribution in [0.1, 0.15) is 55.5 Å². The van der Waals surface area contributed by atoms with Crippen LogP contribution in [0.25, 0.3) is 0 Å². The van der Waals surface area contributed by atoms with Gasteiger partial charge in [-0.15, -0.1) is 0 Å². The van der Waals surface area contributed by atoms with Crippen LogP contribution in [0.4, 0.5) is 5.69 Å². The molecule has 0 saturated heterocycles. The summed E-state index contributed by atoms with van der Waals surface area (Å²) in [6.07, 6.45) is 4.65. The van der Waals surface area contributed by atoms with Gasteiger partial charge in [-0.2, -0.15) is 0 Å². The zero-order valence-electron chi connectivity index (χ0n) is 12.8. The third kappa shape index (κ3) is 3.75. The maximum Gasteiger partial charge on any atom is 0.253 e. The summed E-state index contributed by atoms with van der Waals surface area (Å²) >= 11 is 0. The van der Waals surface area contributed by atoms with Crippen molar-refractivity contribution in [2.45, 2.75) is 52.5 Å². The van der Waals surface area contributed by atoms with Gasteiger partial charge < -0.3 is 10.6 Å². The van der Waals surface area contributed by atoms with Gasteiger partial charge in [-0.3, -0.25) is 4.79 Å². The van der Waals surface area contributed by atoms with Crippen molar-refractivity contribution in [2.75, 3.05) is 11.9 Å². The number of benzene rings is 1. The number of carbonyl (C=O) groups excluding carboxylic acids is 1. The first-order valence-corrected chi connectivity index (χ1v) is 7.75. The summed E-state index contributed by atoms with van der Waals surface area (Å²) in [5.74, 6) is 0.864. The van der Waals surface area contributed by atoms with E-state index in [4.69, 9.17) is 0 Å².